The van der Waals surface area contributed by atoms with E-state index in [1.165, 1.54) is 6.92 Å². The Morgan fingerprint density at radius 3 is 2.67 bits per heavy atom. The highest BCUT2D eigenvalue weighted by atomic mass is 35.5. The van der Waals surface area contributed by atoms with Crippen LogP contribution in [0.15, 0.2) is 11.4 Å². The lowest BCUT2D eigenvalue weighted by atomic mass is 10.4. The Kier molecular flexibility index (Phi) is 3.25. The van der Waals surface area contributed by atoms with E-state index in [-0.39, 0.29) is 16.5 Å². The first-order valence-electron chi connectivity index (χ1n) is 3.93. The number of carbonyl (C=O) groups excluding carboxylic acids is 1. The van der Waals surface area contributed by atoms with Crippen LogP contribution in [0.25, 0.3) is 0 Å². The van der Waals surface area contributed by atoms with E-state index >= 15 is 0 Å². The van der Waals surface area contributed by atoms with Crippen molar-refractivity contribution in [1.29, 1.82) is 0 Å². The van der Waals surface area contributed by atoms with Crippen LogP contribution in [0.1, 0.15) is 17.4 Å². The van der Waals surface area contributed by atoms with Crippen molar-refractivity contribution >= 4 is 27.3 Å². The summed E-state index contributed by atoms with van der Waals surface area (Å²) in [6.07, 6.45) is 1.04. The number of hydrogen-bond acceptors (Lipinski definition) is 5. The fourth-order valence-electron chi connectivity index (χ4n) is 0.803. The molecule has 0 bridgehead atoms. The number of nitrogens with zero attached hydrogens (tertiary/aromatic N) is 2. The van der Waals surface area contributed by atoms with Crippen LogP contribution in [0.5, 0.6) is 0 Å². The van der Waals surface area contributed by atoms with E-state index in [1.54, 1.807) is 0 Å². The average Bonchev–Trinajstić information content (AvgIpc) is 2.17. The first kappa shape index (κ1) is 11.9. The summed E-state index contributed by atoms with van der Waals surface area (Å²) in [6.45, 7) is 1.44. The Balaban J connectivity index is 3.38. The maximum absolute atomic E-state index is 11.4. The van der Waals surface area contributed by atoms with Crippen molar-refractivity contribution in [3.05, 3.63) is 16.9 Å². The topological polar surface area (TPSA) is 103 Å². The van der Waals surface area contributed by atoms with Gasteiger partial charge in [-0.1, -0.05) is 18.5 Å². The van der Waals surface area contributed by atoms with E-state index in [4.69, 9.17) is 17.3 Å². The Bertz CT molecular complexity index is 500. The lowest BCUT2D eigenvalue weighted by Crippen LogP contribution is -2.17. The van der Waals surface area contributed by atoms with Crippen LogP contribution in [0, 0.1) is 0 Å². The Labute approximate surface area is 91.4 Å². The first-order valence-corrected chi connectivity index (χ1v) is 5.96. The fraction of sp³-hybridized carbons (Fsp3) is 0.286. The van der Waals surface area contributed by atoms with Crippen molar-refractivity contribution < 1.29 is 13.2 Å². The van der Waals surface area contributed by atoms with Crippen LogP contribution in [0.3, 0.4) is 0 Å². The third kappa shape index (κ3) is 2.42. The van der Waals surface area contributed by atoms with Gasteiger partial charge in [0, 0.05) is 0 Å². The molecule has 0 spiro atoms. The van der Waals surface area contributed by atoms with E-state index < -0.39 is 20.9 Å². The molecule has 0 aliphatic heterocycles. The van der Waals surface area contributed by atoms with Crippen molar-refractivity contribution in [2.24, 2.45) is 5.73 Å². The smallest absolute Gasteiger partial charge is 0.269 e. The summed E-state index contributed by atoms with van der Waals surface area (Å²) in [5.74, 6) is -1.05. The molecule has 1 aromatic heterocycles. The lowest BCUT2D eigenvalue weighted by molar-refractivity contribution is 0.0995. The van der Waals surface area contributed by atoms with Gasteiger partial charge in [-0.2, -0.15) is 0 Å². The van der Waals surface area contributed by atoms with Crippen LogP contribution in [0.4, 0.5) is 0 Å². The maximum atomic E-state index is 11.4. The second kappa shape index (κ2) is 4.11. The van der Waals surface area contributed by atoms with Crippen molar-refractivity contribution in [3.8, 4) is 0 Å². The zero-order valence-corrected chi connectivity index (χ0v) is 9.34. The number of primary amides is 1. The third-order valence-corrected chi connectivity index (χ3v) is 3.40. The number of carbonyl (C=O) groups is 1. The summed E-state index contributed by atoms with van der Waals surface area (Å²) in [5, 5.41) is -0.513. The average molecular weight is 250 g/mol. The van der Waals surface area contributed by atoms with Gasteiger partial charge in [-0.15, -0.1) is 0 Å². The zero-order valence-electron chi connectivity index (χ0n) is 7.77. The molecule has 82 valence electrons. The molecule has 15 heavy (non-hydrogen) atoms. The Morgan fingerprint density at radius 1 is 1.60 bits per heavy atom. The van der Waals surface area contributed by atoms with E-state index in [2.05, 4.69) is 9.97 Å². The molecule has 2 N–H and O–H groups in total. The van der Waals surface area contributed by atoms with Crippen LogP contribution in [0.2, 0.25) is 5.02 Å². The van der Waals surface area contributed by atoms with Crippen LogP contribution < -0.4 is 5.73 Å². The molecule has 0 aromatic carbocycles. The zero-order chi connectivity index (χ0) is 11.6. The summed E-state index contributed by atoms with van der Waals surface area (Å²) in [4.78, 5) is 17.9. The van der Waals surface area contributed by atoms with Gasteiger partial charge in [0.25, 0.3) is 5.91 Å². The third-order valence-electron chi connectivity index (χ3n) is 1.61. The monoisotopic (exact) mass is 249 g/mol. The molecular formula is C7H8ClN3O3S. The van der Waals surface area contributed by atoms with Gasteiger partial charge >= 0.3 is 0 Å². The van der Waals surface area contributed by atoms with Crippen LogP contribution in [-0.2, 0) is 9.84 Å². The summed E-state index contributed by atoms with van der Waals surface area (Å²) in [5.41, 5.74) is 4.67. The summed E-state index contributed by atoms with van der Waals surface area (Å²) in [6, 6.07) is 0. The van der Waals surface area contributed by atoms with Crippen molar-refractivity contribution in [3.63, 3.8) is 0 Å². The maximum Gasteiger partial charge on any atom is 0.269 e. The first-order chi connectivity index (χ1) is 6.88. The number of halogens is 1. The standard InChI is InChI=1S/C7H8ClN3O3S/c1-2-15(13,14)7-10-3-4(8)5(11-7)6(9)12/h3H,2H2,1H3,(H2,9,12). The predicted octanol–water partition coefficient (Wildman–Crippen LogP) is 0.0225. The molecule has 0 fully saturated rings. The highest BCUT2D eigenvalue weighted by Gasteiger charge is 2.19. The van der Waals surface area contributed by atoms with Crippen molar-refractivity contribution in [1.82, 2.24) is 9.97 Å². The van der Waals surface area contributed by atoms with E-state index in [9.17, 15) is 13.2 Å². The lowest BCUT2D eigenvalue weighted by Gasteiger charge is -2.02. The molecule has 0 radical (unpaired) electrons. The summed E-state index contributed by atoms with van der Waals surface area (Å²) < 4.78 is 22.7. The molecule has 0 aliphatic rings. The van der Waals surface area contributed by atoms with Gasteiger partial charge in [-0.05, 0) is 0 Å². The largest absolute Gasteiger partial charge is 0.364 e. The van der Waals surface area contributed by atoms with Gasteiger partial charge in [0.1, 0.15) is 0 Å². The Morgan fingerprint density at radius 2 is 2.20 bits per heavy atom. The quantitative estimate of drug-likeness (QED) is 0.761. The van der Waals surface area contributed by atoms with Gasteiger partial charge in [-0.3, -0.25) is 4.79 Å². The van der Waals surface area contributed by atoms with Gasteiger partial charge in [0.05, 0.1) is 17.0 Å². The minimum atomic E-state index is -3.56. The SMILES string of the molecule is CCS(=O)(=O)c1ncc(Cl)c(C(N)=O)n1. The number of amides is 1. The van der Waals surface area contributed by atoms with Gasteiger partial charge in [-0.25, -0.2) is 18.4 Å². The molecular weight excluding hydrogens is 242 g/mol. The predicted molar refractivity (Wildman–Crippen MR) is 53.3 cm³/mol. The molecule has 1 rings (SSSR count). The summed E-state index contributed by atoms with van der Waals surface area (Å²) >= 11 is 5.56. The molecule has 8 heteroatoms. The molecule has 1 amide bonds. The van der Waals surface area contributed by atoms with E-state index in [1.807, 2.05) is 0 Å². The highest BCUT2D eigenvalue weighted by Crippen LogP contribution is 2.14. The Hall–Kier alpha value is -1.21. The summed E-state index contributed by atoms with van der Waals surface area (Å²) in [7, 11) is -3.56. The molecule has 0 saturated heterocycles. The minimum absolute atomic E-state index is 0.0717. The number of sulfone groups is 1. The van der Waals surface area contributed by atoms with Crippen LogP contribution in [-0.4, -0.2) is 30.0 Å². The van der Waals surface area contributed by atoms with Crippen molar-refractivity contribution in [2.45, 2.75) is 12.1 Å². The van der Waals surface area contributed by atoms with Crippen LogP contribution >= 0.6 is 11.6 Å². The van der Waals surface area contributed by atoms with E-state index in [0.717, 1.165) is 6.20 Å². The highest BCUT2D eigenvalue weighted by molar-refractivity contribution is 7.91. The minimum Gasteiger partial charge on any atom is -0.364 e. The fourth-order valence-corrected chi connectivity index (χ4v) is 1.69. The number of hydrogen-bond donors (Lipinski definition) is 1. The molecule has 0 unspecified atom stereocenters. The molecule has 0 atom stereocenters. The van der Waals surface area contributed by atoms with Gasteiger partial charge in [0.2, 0.25) is 15.0 Å². The van der Waals surface area contributed by atoms with Gasteiger partial charge in [0.15, 0.2) is 5.69 Å². The second-order valence-electron chi connectivity index (χ2n) is 2.62. The van der Waals surface area contributed by atoms with Gasteiger partial charge < -0.3 is 5.73 Å². The molecule has 0 aliphatic carbocycles. The normalized spacial score (nSPS) is 11.3. The molecule has 0 saturated carbocycles. The van der Waals surface area contributed by atoms with Crippen molar-refractivity contribution in [2.75, 3.05) is 5.75 Å². The number of nitrogens with two attached hydrogens (primary N) is 1. The number of aromatic nitrogens is 2. The van der Waals surface area contributed by atoms with E-state index in [0.29, 0.717) is 0 Å². The molecule has 1 aromatic rings. The molecule has 1 heterocycles. The second-order valence-corrected chi connectivity index (χ2v) is 5.20. The number of rotatable bonds is 3. The molecule has 6 nitrogen and oxygen atoms in total.